The van der Waals surface area contributed by atoms with E-state index in [1.165, 1.54) is 0 Å². The second-order valence-corrected chi connectivity index (χ2v) is 4.91. The van der Waals surface area contributed by atoms with Crippen LogP contribution in [0.1, 0.15) is 32.4 Å². The van der Waals surface area contributed by atoms with Gasteiger partial charge >= 0.3 is 0 Å². The number of hydrogen-bond acceptors (Lipinski definition) is 2. The van der Waals surface area contributed by atoms with Gasteiger partial charge in [0.15, 0.2) is 0 Å². The summed E-state index contributed by atoms with van der Waals surface area (Å²) < 4.78 is 0. The zero-order chi connectivity index (χ0) is 13.7. The molecule has 0 saturated carbocycles. The van der Waals surface area contributed by atoms with Gasteiger partial charge in [-0.3, -0.25) is 5.43 Å². The number of nitrogens with zero attached hydrogens (tertiary/aromatic N) is 2. The van der Waals surface area contributed by atoms with Crippen LogP contribution in [0.5, 0.6) is 0 Å². The molecule has 100 valence electrons. The smallest absolute Gasteiger partial charge is 0.208 e. The van der Waals surface area contributed by atoms with Crippen molar-refractivity contribution in [2.75, 3.05) is 7.05 Å². The van der Waals surface area contributed by atoms with Crippen molar-refractivity contribution in [1.82, 2.24) is 10.3 Å². The number of rotatable bonds is 3. The van der Waals surface area contributed by atoms with Crippen molar-refractivity contribution in [2.45, 2.75) is 32.9 Å². The van der Waals surface area contributed by atoms with Crippen LogP contribution in [0.3, 0.4) is 0 Å². The predicted molar refractivity (Wildman–Crippen MR) is 77.5 cm³/mol. The summed E-state index contributed by atoms with van der Waals surface area (Å²) in [6.07, 6.45) is 0. The Morgan fingerprint density at radius 1 is 1.33 bits per heavy atom. The largest absolute Gasteiger partial charge is 0.338 e. The molecular formula is C13H21ClN4. The van der Waals surface area contributed by atoms with Gasteiger partial charge in [0.25, 0.3) is 0 Å². The Hall–Kier alpha value is -1.26. The fourth-order valence-corrected chi connectivity index (χ4v) is 1.97. The maximum atomic E-state index is 6.20. The predicted octanol–water partition coefficient (Wildman–Crippen LogP) is 2.56. The van der Waals surface area contributed by atoms with Crippen molar-refractivity contribution in [2.24, 2.45) is 10.8 Å². The van der Waals surface area contributed by atoms with Gasteiger partial charge in [0.05, 0.1) is 6.04 Å². The number of benzene rings is 1. The van der Waals surface area contributed by atoms with Crippen LogP contribution in [0.4, 0.5) is 0 Å². The van der Waals surface area contributed by atoms with E-state index < -0.39 is 0 Å². The molecule has 1 aromatic carbocycles. The Labute approximate surface area is 114 Å². The van der Waals surface area contributed by atoms with Gasteiger partial charge in [-0.25, -0.2) is 10.8 Å². The number of aliphatic imine (C=N–C) groups is 1. The summed E-state index contributed by atoms with van der Waals surface area (Å²) in [5.74, 6) is 6.17. The third-order valence-corrected chi connectivity index (χ3v) is 3.12. The highest BCUT2D eigenvalue weighted by Gasteiger charge is 2.17. The van der Waals surface area contributed by atoms with E-state index in [0.29, 0.717) is 5.96 Å². The molecule has 1 unspecified atom stereocenters. The van der Waals surface area contributed by atoms with E-state index in [2.05, 4.69) is 17.3 Å². The first-order valence-corrected chi connectivity index (χ1v) is 6.36. The Balaban J connectivity index is 2.96. The van der Waals surface area contributed by atoms with Crippen molar-refractivity contribution in [3.63, 3.8) is 0 Å². The van der Waals surface area contributed by atoms with Gasteiger partial charge in [-0.1, -0.05) is 29.8 Å². The van der Waals surface area contributed by atoms with E-state index >= 15 is 0 Å². The lowest BCUT2D eigenvalue weighted by Gasteiger charge is -2.28. The molecule has 0 bridgehead atoms. The van der Waals surface area contributed by atoms with Crippen molar-refractivity contribution in [3.8, 4) is 0 Å². The first kappa shape index (κ1) is 14.8. The molecule has 0 saturated heterocycles. The molecule has 3 N–H and O–H groups in total. The Bertz CT molecular complexity index is 417. The van der Waals surface area contributed by atoms with Gasteiger partial charge in [0.1, 0.15) is 0 Å². The van der Waals surface area contributed by atoms with Gasteiger partial charge < -0.3 is 4.90 Å². The number of nitrogens with two attached hydrogens (primary N) is 1. The van der Waals surface area contributed by atoms with Crippen LogP contribution in [-0.2, 0) is 0 Å². The molecule has 0 amide bonds. The van der Waals surface area contributed by atoms with Crippen LogP contribution < -0.4 is 11.3 Å². The van der Waals surface area contributed by atoms with Crippen LogP contribution in [0.25, 0.3) is 0 Å². The Morgan fingerprint density at radius 3 is 2.44 bits per heavy atom. The van der Waals surface area contributed by atoms with Gasteiger partial charge in [-0.15, -0.1) is 0 Å². The van der Waals surface area contributed by atoms with Crippen LogP contribution in [0.2, 0.25) is 5.02 Å². The average Bonchev–Trinajstić information content (AvgIpc) is 2.34. The first-order chi connectivity index (χ1) is 8.47. The molecule has 18 heavy (non-hydrogen) atoms. The summed E-state index contributed by atoms with van der Waals surface area (Å²) in [5, 5.41) is 0.748. The molecule has 0 spiro atoms. The molecule has 0 aliphatic rings. The molecule has 0 aliphatic heterocycles. The summed E-state index contributed by atoms with van der Waals surface area (Å²) in [4.78, 5) is 6.41. The average molecular weight is 269 g/mol. The normalized spacial score (nSPS) is 13.6. The lowest BCUT2D eigenvalue weighted by atomic mass is 10.1. The summed E-state index contributed by atoms with van der Waals surface area (Å²) in [5.41, 5.74) is 3.69. The highest BCUT2D eigenvalue weighted by Crippen LogP contribution is 2.26. The molecule has 4 nitrogen and oxygen atoms in total. The second-order valence-electron chi connectivity index (χ2n) is 4.50. The monoisotopic (exact) mass is 268 g/mol. The lowest BCUT2D eigenvalue weighted by Crippen LogP contribution is -2.44. The summed E-state index contributed by atoms with van der Waals surface area (Å²) >= 11 is 6.20. The molecule has 0 fully saturated rings. The zero-order valence-electron chi connectivity index (χ0n) is 11.3. The molecule has 5 heteroatoms. The minimum absolute atomic E-state index is 0.0900. The van der Waals surface area contributed by atoms with E-state index in [4.69, 9.17) is 17.4 Å². The summed E-state index contributed by atoms with van der Waals surface area (Å²) in [6.45, 7) is 6.07. The lowest BCUT2D eigenvalue weighted by molar-refractivity contribution is 0.385. The number of hydrazine groups is 1. The maximum Gasteiger partial charge on any atom is 0.208 e. The van der Waals surface area contributed by atoms with Crippen molar-refractivity contribution in [3.05, 3.63) is 34.9 Å². The highest BCUT2D eigenvalue weighted by molar-refractivity contribution is 6.31. The third kappa shape index (κ3) is 3.62. The fourth-order valence-electron chi connectivity index (χ4n) is 1.68. The van der Waals surface area contributed by atoms with Crippen molar-refractivity contribution >= 4 is 17.6 Å². The van der Waals surface area contributed by atoms with Gasteiger partial charge in [-0.2, -0.15) is 0 Å². The zero-order valence-corrected chi connectivity index (χ0v) is 12.1. The first-order valence-electron chi connectivity index (χ1n) is 5.99. The topological polar surface area (TPSA) is 53.6 Å². The van der Waals surface area contributed by atoms with Crippen LogP contribution in [-0.4, -0.2) is 23.9 Å². The number of halogens is 1. The van der Waals surface area contributed by atoms with Gasteiger partial charge in [0.2, 0.25) is 5.96 Å². The van der Waals surface area contributed by atoms with Gasteiger partial charge in [0, 0.05) is 18.1 Å². The number of nitrogens with one attached hydrogen (secondary N) is 1. The summed E-state index contributed by atoms with van der Waals surface area (Å²) in [7, 11) is 1.94. The minimum atomic E-state index is 0.0900. The highest BCUT2D eigenvalue weighted by atomic mass is 35.5. The van der Waals surface area contributed by atoms with Crippen LogP contribution in [0, 0.1) is 0 Å². The molecule has 0 radical (unpaired) electrons. The maximum absolute atomic E-state index is 6.20. The third-order valence-electron chi connectivity index (χ3n) is 2.78. The molecular weight excluding hydrogens is 248 g/mol. The Kier molecular flexibility index (Phi) is 5.44. The fraction of sp³-hybridized carbons (Fsp3) is 0.462. The molecule has 0 aliphatic carbocycles. The van der Waals surface area contributed by atoms with Gasteiger partial charge in [-0.05, 0) is 32.4 Å². The Morgan fingerprint density at radius 2 is 1.94 bits per heavy atom. The standard InChI is InChI=1S/C13H21ClN4/c1-9(2)16-13(17-15)18(4)10(3)11-7-5-6-8-12(11)14/h5-10H,15H2,1-4H3,(H,16,17). The van der Waals surface area contributed by atoms with Crippen LogP contribution in [0.15, 0.2) is 29.3 Å². The minimum Gasteiger partial charge on any atom is -0.338 e. The molecule has 1 atom stereocenters. The number of guanidine groups is 1. The molecule has 0 aromatic heterocycles. The van der Waals surface area contributed by atoms with Crippen molar-refractivity contribution < 1.29 is 0 Å². The van der Waals surface area contributed by atoms with E-state index in [0.717, 1.165) is 10.6 Å². The quantitative estimate of drug-likeness (QED) is 0.383. The summed E-state index contributed by atoms with van der Waals surface area (Å²) in [6, 6.07) is 8.05. The molecule has 1 rings (SSSR count). The van der Waals surface area contributed by atoms with E-state index in [1.807, 2.05) is 50.1 Å². The second kappa shape index (κ2) is 6.61. The number of hydrogen-bond donors (Lipinski definition) is 2. The van der Waals surface area contributed by atoms with E-state index in [1.54, 1.807) is 0 Å². The van der Waals surface area contributed by atoms with E-state index in [9.17, 15) is 0 Å². The SMILES string of the molecule is CC(C)N=C(NN)N(C)C(C)c1ccccc1Cl. The molecule has 0 heterocycles. The van der Waals surface area contributed by atoms with Crippen LogP contribution >= 0.6 is 11.6 Å². The van der Waals surface area contributed by atoms with Crippen molar-refractivity contribution in [1.29, 1.82) is 0 Å². The molecule has 1 aromatic rings. The van der Waals surface area contributed by atoms with E-state index in [-0.39, 0.29) is 12.1 Å².